The number of nitrogens with zero attached hydrogens (tertiary/aromatic N) is 3. The molecule has 0 aliphatic rings. The Morgan fingerprint density at radius 3 is 2.73 bits per heavy atom. The van der Waals surface area contributed by atoms with Gasteiger partial charge in [0.25, 0.3) is 0 Å². The summed E-state index contributed by atoms with van der Waals surface area (Å²) in [7, 11) is 1.93. The van der Waals surface area contributed by atoms with Gasteiger partial charge in [0.2, 0.25) is 0 Å². The number of aryl methyl sites for hydroxylation is 1. The van der Waals surface area contributed by atoms with Crippen molar-refractivity contribution >= 4 is 5.69 Å². The molecule has 0 atom stereocenters. The van der Waals surface area contributed by atoms with Crippen LogP contribution in [0.15, 0.2) is 36.8 Å². The Bertz CT molecular complexity index is 408. The van der Waals surface area contributed by atoms with Crippen molar-refractivity contribution < 1.29 is 0 Å². The van der Waals surface area contributed by atoms with Gasteiger partial charge in [-0.3, -0.25) is 9.67 Å². The van der Waals surface area contributed by atoms with Gasteiger partial charge in [0.1, 0.15) is 0 Å². The van der Waals surface area contributed by atoms with Crippen LogP contribution in [0.2, 0.25) is 0 Å². The summed E-state index contributed by atoms with van der Waals surface area (Å²) in [6.07, 6.45) is 6.46. The minimum absolute atomic E-state index is 0.890. The maximum absolute atomic E-state index is 4.31. The molecule has 2 aromatic heterocycles. The van der Waals surface area contributed by atoms with E-state index in [1.807, 2.05) is 36.1 Å². The van der Waals surface area contributed by atoms with Gasteiger partial charge in [0.05, 0.1) is 5.69 Å². The minimum Gasteiger partial charge on any atom is -0.385 e. The second kappa shape index (κ2) is 4.59. The van der Waals surface area contributed by atoms with Crippen LogP contribution in [0.25, 0.3) is 0 Å². The standard InChI is InChI=1S/C11H14N4/c1-15-9-5-11(14-15)4-8-13-10-2-6-12-7-3-10/h2-3,5-7,9H,4,8H2,1H3,(H,12,13). The van der Waals surface area contributed by atoms with E-state index in [0.717, 1.165) is 24.3 Å². The largest absolute Gasteiger partial charge is 0.385 e. The number of pyridine rings is 1. The zero-order chi connectivity index (χ0) is 10.5. The van der Waals surface area contributed by atoms with Gasteiger partial charge in [0, 0.05) is 44.3 Å². The maximum Gasteiger partial charge on any atom is 0.0642 e. The Morgan fingerprint density at radius 2 is 2.07 bits per heavy atom. The van der Waals surface area contributed by atoms with Crippen LogP contribution in [-0.4, -0.2) is 21.3 Å². The lowest BCUT2D eigenvalue weighted by Gasteiger charge is -2.03. The Kier molecular flexibility index (Phi) is 2.97. The molecule has 0 aromatic carbocycles. The number of rotatable bonds is 4. The van der Waals surface area contributed by atoms with Crippen molar-refractivity contribution in [2.45, 2.75) is 6.42 Å². The third-order valence-electron chi connectivity index (χ3n) is 2.16. The molecule has 0 saturated carbocycles. The van der Waals surface area contributed by atoms with E-state index in [0.29, 0.717) is 0 Å². The van der Waals surface area contributed by atoms with Crippen molar-refractivity contribution in [2.75, 3.05) is 11.9 Å². The first-order valence-corrected chi connectivity index (χ1v) is 4.97. The molecule has 2 heterocycles. The van der Waals surface area contributed by atoms with Gasteiger partial charge in [-0.15, -0.1) is 0 Å². The van der Waals surface area contributed by atoms with Crippen LogP contribution in [0.4, 0.5) is 5.69 Å². The van der Waals surface area contributed by atoms with Gasteiger partial charge >= 0.3 is 0 Å². The van der Waals surface area contributed by atoms with Crippen LogP contribution < -0.4 is 5.32 Å². The quantitative estimate of drug-likeness (QED) is 0.816. The number of hydrogen-bond acceptors (Lipinski definition) is 3. The Morgan fingerprint density at radius 1 is 1.27 bits per heavy atom. The number of aromatic nitrogens is 3. The predicted molar refractivity (Wildman–Crippen MR) is 59.6 cm³/mol. The van der Waals surface area contributed by atoms with Crippen LogP contribution in [0.1, 0.15) is 5.69 Å². The molecule has 0 aliphatic heterocycles. The normalized spacial score (nSPS) is 10.2. The van der Waals surface area contributed by atoms with Crippen LogP contribution in [0, 0.1) is 0 Å². The van der Waals surface area contributed by atoms with Gasteiger partial charge in [-0.05, 0) is 18.2 Å². The molecule has 1 N–H and O–H groups in total. The van der Waals surface area contributed by atoms with Gasteiger partial charge in [-0.1, -0.05) is 0 Å². The highest BCUT2D eigenvalue weighted by molar-refractivity contribution is 5.40. The molecule has 0 bridgehead atoms. The average molecular weight is 202 g/mol. The first kappa shape index (κ1) is 9.71. The summed E-state index contributed by atoms with van der Waals surface area (Å²) in [5.41, 5.74) is 2.21. The fourth-order valence-electron chi connectivity index (χ4n) is 1.40. The summed E-state index contributed by atoms with van der Waals surface area (Å²) in [5.74, 6) is 0. The summed E-state index contributed by atoms with van der Waals surface area (Å²) in [6, 6.07) is 5.95. The molecule has 4 heteroatoms. The first-order chi connectivity index (χ1) is 7.34. The Balaban J connectivity index is 1.80. The summed E-state index contributed by atoms with van der Waals surface area (Å²) < 4.78 is 1.82. The zero-order valence-electron chi connectivity index (χ0n) is 8.72. The molecule has 0 fully saturated rings. The molecular weight excluding hydrogens is 188 g/mol. The van der Waals surface area contributed by atoms with Gasteiger partial charge in [-0.2, -0.15) is 5.10 Å². The molecule has 0 unspecified atom stereocenters. The van der Waals surface area contributed by atoms with Crippen LogP contribution in [-0.2, 0) is 13.5 Å². The predicted octanol–water partition coefficient (Wildman–Crippen LogP) is 1.47. The Hall–Kier alpha value is -1.84. The lowest BCUT2D eigenvalue weighted by atomic mass is 10.3. The zero-order valence-corrected chi connectivity index (χ0v) is 8.72. The molecule has 4 nitrogen and oxygen atoms in total. The van der Waals surface area contributed by atoms with E-state index in [1.165, 1.54) is 0 Å². The van der Waals surface area contributed by atoms with E-state index in [-0.39, 0.29) is 0 Å². The number of hydrogen-bond donors (Lipinski definition) is 1. The smallest absolute Gasteiger partial charge is 0.0642 e. The SMILES string of the molecule is Cn1ccc(CCNc2ccncc2)n1. The summed E-state index contributed by atoms with van der Waals surface area (Å²) in [6.45, 7) is 0.890. The third kappa shape index (κ3) is 2.80. The monoisotopic (exact) mass is 202 g/mol. The highest BCUT2D eigenvalue weighted by Crippen LogP contribution is 2.03. The lowest BCUT2D eigenvalue weighted by Crippen LogP contribution is -2.05. The molecule has 0 amide bonds. The molecule has 2 aromatic rings. The van der Waals surface area contributed by atoms with Crippen molar-refractivity contribution in [3.8, 4) is 0 Å². The number of nitrogens with one attached hydrogen (secondary N) is 1. The fourth-order valence-corrected chi connectivity index (χ4v) is 1.40. The molecule has 15 heavy (non-hydrogen) atoms. The topological polar surface area (TPSA) is 42.7 Å². The van der Waals surface area contributed by atoms with Crippen LogP contribution in [0.3, 0.4) is 0 Å². The second-order valence-electron chi connectivity index (χ2n) is 3.39. The van der Waals surface area contributed by atoms with Crippen molar-refractivity contribution in [3.63, 3.8) is 0 Å². The fraction of sp³-hybridized carbons (Fsp3) is 0.273. The minimum atomic E-state index is 0.890. The van der Waals surface area contributed by atoms with E-state index in [9.17, 15) is 0 Å². The van der Waals surface area contributed by atoms with Gasteiger partial charge in [-0.25, -0.2) is 0 Å². The second-order valence-corrected chi connectivity index (χ2v) is 3.39. The van der Waals surface area contributed by atoms with E-state index >= 15 is 0 Å². The molecule has 0 saturated heterocycles. The molecule has 0 spiro atoms. The molecular formula is C11H14N4. The maximum atomic E-state index is 4.31. The number of anilines is 1. The summed E-state index contributed by atoms with van der Waals surface area (Å²) in [4.78, 5) is 3.96. The molecule has 0 aliphatic carbocycles. The van der Waals surface area contributed by atoms with Gasteiger partial charge < -0.3 is 5.32 Å². The van der Waals surface area contributed by atoms with Crippen molar-refractivity contribution in [2.24, 2.45) is 7.05 Å². The molecule has 78 valence electrons. The Labute approximate surface area is 89.0 Å². The van der Waals surface area contributed by atoms with E-state index in [4.69, 9.17) is 0 Å². The van der Waals surface area contributed by atoms with E-state index in [1.54, 1.807) is 12.4 Å². The third-order valence-corrected chi connectivity index (χ3v) is 2.16. The lowest BCUT2D eigenvalue weighted by molar-refractivity contribution is 0.742. The van der Waals surface area contributed by atoms with Gasteiger partial charge in [0.15, 0.2) is 0 Å². The van der Waals surface area contributed by atoms with Crippen molar-refractivity contribution in [1.82, 2.24) is 14.8 Å². The van der Waals surface area contributed by atoms with Crippen molar-refractivity contribution in [3.05, 3.63) is 42.5 Å². The summed E-state index contributed by atoms with van der Waals surface area (Å²) >= 11 is 0. The summed E-state index contributed by atoms with van der Waals surface area (Å²) in [5, 5.41) is 7.62. The average Bonchev–Trinajstić information content (AvgIpc) is 2.66. The first-order valence-electron chi connectivity index (χ1n) is 4.97. The highest BCUT2D eigenvalue weighted by Gasteiger charge is 1.96. The van der Waals surface area contributed by atoms with Crippen LogP contribution in [0.5, 0.6) is 0 Å². The highest BCUT2D eigenvalue weighted by atomic mass is 15.2. The van der Waals surface area contributed by atoms with Crippen molar-refractivity contribution in [1.29, 1.82) is 0 Å². The van der Waals surface area contributed by atoms with E-state index in [2.05, 4.69) is 15.4 Å². The van der Waals surface area contributed by atoms with Crippen LogP contribution >= 0.6 is 0 Å². The van der Waals surface area contributed by atoms with E-state index < -0.39 is 0 Å². The molecule has 2 rings (SSSR count). The molecule has 0 radical (unpaired) electrons.